The van der Waals surface area contributed by atoms with Gasteiger partial charge in [-0.25, -0.2) is 0 Å². The molecule has 1 unspecified atom stereocenters. The van der Waals surface area contributed by atoms with Gasteiger partial charge in [0, 0.05) is 42.7 Å². The van der Waals surface area contributed by atoms with Gasteiger partial charge in [-0.15, -0.1) is 0 Å². The van der Waals surface area contributed by atoms with Crippen molar-refractivity contribution < 1.29 is 5.11 Å². The summed E-state index contributed by atoms with van der Waals surface area (Å²) in [7, 11) is 2.08. The molecule has 2 heterocycles. The first-order chi connectivity index (χ1) is 11.8. The van der Waals surface area contributed by atoms with Gasteiger partial charge >= 0.3 is 0 Å². The summed E-state index contributed by atoms with van der Waals surface area (Å²) >= 11 is 0. The fourth-order valence-electron chi connectivity index (χ4n) is 3.01. The quantitative estimate of drug-likeness (QED) is 0.702. The molecular formula is C19H22N4O. The number of aromatic nitrogens is 3. The van der Waals surface area contributed by atoms with Gasteiger partial charge in [0.1, 0.15) is 0 Å². The van der Waals surface area contributed by atoms with Crippen LogP contribution in [-0.2, 0) is 6.54 Å². The minimum atomic E-state index is 0.157. The van der Waals surface area contributed by atoms with Gasteiger partial charge in [-0.3, -0.25) is 15.0 Å². The van der Waals surface area contributed by atoms with Crippen molar-refractivity contribution in [1.29, 1.82) is 0 Å². The summed E-state index contributed by atoms with van der Waals surface area (Å²) in [6, 6.07) is 14.4. The van der Waals surface area contributed by atoms with Gasteiger partial charge in [-0.2, -0.15) is 5.10 Å². The van der Waals surface area contributed by atoms with Crippen molar-refractivity contribution >= 4 is 0 Å². The Hall–Kier alpha value is -2.50. The summed E-state index contributed by atoms with van der Waals surface area (Å²) in [5.41, 5.74) is 4.34. The highest BCUT2D eigenvalue weighted by Crippen LogP contribution is 2.27. The molecule has 0 spiro atoms. The van der Waals surface area contributed by atoms with Crippen molar-refractivity contribution in [2.75, 3.05) is 13.7 Å². The fourth-order valence-corrected chi connectivity index (χ4v) is 3.01. The molecule has 0 fully saturated rings. The van der Waals surface area contributed by atoms with Crippen molar-refractivity contribution in [3.8, 4) is 11.3 Å². The Morgan fingerprint density at radius 1 is 1.12 bits per heavy atom. The van der Waals surface area contributed by atoms with Crippen LogP contribution in [0.15, 0.2) is 61.1 Å². The van der Waals surface area contributed by atoms with Gasteiger partial charge in [-0.1, -0.05) is 30.3 Å². The molecule has 5 nitrogen and oxygen atoms in total. The van der Waals surface area contributed by atoms with Crippen LogP contribution in [0.4, 0.5) is 0 Å². The SMILES string of the molecule is CN(Cc1cn[nH]c1-c1cccnc1)C(CCO)c1ccccc1. The zero-order chi connectivity index (χ0) is 16.8. The van der Waals surface area contributed by atoms with Crippen LogP contribution < -0.4 is 0 Å². The maximum absolute atomic E-state index is 9.45. The highest BCUT2D eigenvalue weighted by atomic mass is 16.3. The Morgan fingerprint density at radius 3 is 2.67 bits per heavy atom. The Bertz CT molecular complexity index is 742. The molecule has 1 aromatic carbocycles. The van der Waals surface area contributed by atoms with Crippen molar-refractivity contribution in [1.82, 2.24) is 20.1 Å². The Balaban J connectivity index is 1.81. The van der Waals surface area contributed by atoms with E-state index in [4.69, 9.17) is 0 Å². The summed E-state index contributed by atoms with van der Waals surface area (Å²) < 4.78 is 0. The first kappa shape index (κ1) is 16.4. The topological polar surface area (TPSA) is 65.0 Å². The minimum absolute atomic E-state index is 0.157. The van der Waals surface area contributed by atoms with E-state index < -0.39 is 0 Å². The minimum Gasteiger partial charge on any atom is -0.396 e. The van der Waals surface area contributed by atoms with E-state index in [9.17, 15) is 5.11 Å². The number of nitrogens with zero attached hydrogens (tertiary/aromatic N) is 3. The molecule has 0 saturated heterocycles. The molecule has 2 N–H and O–H groups in total. The molecule has 2 aromatic heterocycles. The zero-order valence-electron chi connectivity index (χ0n) is 13.8. The van der Waals surface area contributed by atoms with Gasteiger partial charge in [-0.05, 0) is 31.2 Å². The molecule has 0 radical (unpaired) electrons. The van der Waals surface area contributed by atoms with Crippen molar-refractivity contribution in [3.05, 3.63) is 72.2 Å². The number of aliphatic hydroxyl groups excluding tert-OH is 1. The molecule has 5 heteroatoms. The first-order valence-corrected chi connectivity index (χ1v) is 8.08. The predicted molar refractivity (Wildman–Crippen MR) is 94.2 cm³/mol. The normalized spacial score (nSPS) is 12.5. The number of nitrogens with one attached hydrogen (secondary N) is 1. The van der Waals surface area contributed by atoms with E-state index in [-0.39, 0.29) is 12.6 Å². The number of rotatable bonds is 7. The average molecular weight is 322 g/mol. The standard InChI is InChI=1S/C19H22N4O/c1-23(18(9-11-24)15-6-3-2-4-7-15)14-17-13-21-22-19(17)16-8-5-10-20-12-16/h2-8,10,12-13,18,24H,9,11,14H2,1H3,(H,21,22). The van der Waals surface area contributed by atoms with E-state index in [0.29, 0.717) is 6.42 Å². The number of hydrogen-bond acceptors (Lipinski definition) is 4. The highest BCUT2D eigenvalue weighted by Gasteiger charge is 2.19. The summed E-state index contributed by atoms with van der Waals surface area (Å²) in [6.07, 6.45) is 6.15. The van der Waals surface area contributed by atoms with E-state index in [1.165, 1.54) is 5.56 Å². The second-order valence-corrected chi connectivity index (χ2v) is 5.87. The molecule has 0 amide bonds. The molecular weight excluding hydrogens is 300 g/mol. The number of hydrogen-bond donors (Lipinski definition) is 2. The number of aliphatic hydroxyl groups is 1. The van der Waals surface area contributed by atoms with Gasteiger partial charge in [0.05, 0.1) is 11.9 Å². The summed E-state index contributed by atoms with van der Waals surface area (Å²) in [4.78, 5) is 6.42. The molecule has 0 aliphatic carbocycles. The van der Waals surface area contributed by atoms with Crippen LogP contribution in [0.2, 0.25) is 0 Å². The maximum Gasteiger partial charge on any atom is 0.0710 e. The van der Waals surface area contributed by atoms with E-state index in [1.807, 2.05) is 42.7 Å². The molecule has 3 rings (SSSR count). The summed E-state index contributed by atoms with van der Waals surface area (Å²) in [6.45, 7) is 0.894. The smallest absolute Gasteiger partial charge is 0.0710 e. The van der Waals surface area contributed by atoms with E-state index in [1.54, 1.807) is 6.20 Å². The van der Waals surface area contributed by atoms with Crippen LogP contribution in [0.3, 0.4) is 0 Å². The molecule has 3 aromatic rings. The van der Waals surface area contributed by atoms with Crippen molar-refractivity contribution in [2.24, 2.45) is 0 Å². The third-order valence-electron chi connectivity index (χ3n) is 4.21. The Labute approximate surface area is 142 Å². The molecule has 24 heavy (non-hydrogen) atoms. The molecule has 1 atom stereocenters. The molecule has 124 valence electrons. The van der Waals surface area contributed by atoms with Crippen LogP contribution in [0.5, 0.6) is 0 Å². The summed E-state index contributed by atoms with van der Waals surface area (Å²) in [5, 5.41) is 16.7. The number of benzene rings is 1. The third-order valence-corrected chi connectivity index (χ3v) is 4.21. The number of H-pyrrole nitrogens is 1. The van der Waals surface area contributed by atoms with E-state index >= 15 is 0 Å². The van der Waals surface area contributed by atoms with Crippen molar-refractivity contribution in [2.45, 2.75) is 19.0 Å². The van der Waals surface area contributed by atoms with Gasteiger partial charge in [0.15, 0.2) is 0 Å². The average Bonchev–Trinajstić information content (AvgIpc) is 3.09. The summed E-state index contributed by atoms with van der Waals surface area (Å²) in [5.74, 6) is 0. The van der Waals surface area contributed by atoms with Gasteiger partial charge in [0.25, 0.3) is 0 Å². The van der Waals surface area contributed by atoms with Gasteiger partial charge in [0.2, 0.25) is 0 Å². The van der Waals surface area contributed by atoms with Crippen LogP contribution >= 0.6 is 0 Å². The van der Waals surface area contributed by atoms with Crippen LogP contribution in [0.25, 0.3) is 11.3 Å². The number of pyridine rings is 1. The van der Waals surface area contributed by atoms with E-state index in [2.05, 4.69) is 39.3 Å². The maximum atomic E-state index is 9.45. The second kappa shape index (κ2) is 7.86. The first-order valence-electron chi connectivity index (χ1n) is 8.08. The molecule has 0 aliphatic heterocycles. The van der Waals surface area contributed by atoms with Crippen LogP contribution in [-0.4, -0.2) is 38.8 Å². The zero-order valence-corrected chi connectivity index (χ0v) is 13.8. The van der Waals surface area contributed by atoms with Crippen molar-refractivity contribution in [3.63, 3.8) is 0 Å². The van der Waals surface area contributed by atoms with Gasteiger partial charge < -0.3 is 5.11 Å². The molecule has 0 saturated carbocycles. The molecule has 0 aliphatic rings. The lowest BCUT2D eigenvalue weighted by Crippen LogP contribution is -2.25. The fraction of sp³-hybridized carbons (Fsp3) is 0.263. The Kier molecular flexibility index (Phi) is 5.36. The lowest BCUT2D eigenvalue weighted by molar-refractivity contribution is 0.180. The monoisotopic (exact) mass is 322 g/mol. The van der Waals surface area contributed by atoms with Crippen LogP contribution in [0, 0.1) is 0 Å². The lowest BCUT2D eigenvalue weighted by atomic mass is 10.0. The largest absolute Gasteiger partial charge is 0.396 e. The second-order valence-electron chi connectivity index (χ2n) is 5.87. The third kappa shape index (κ3) is 3.69. The lowest BCUT2D eigenvalue weighted by Gasteiger charge is -2.28. The highest BCUT2D eigenvalue weighted by molar-refractivity contribution is 5.61. The Morgan fingerprint density at radius 2 is 1.96 bits per heavy atom. The number of aromatic amines is 1. The predicted octanol–water partition coefficient (Wildman–Crippen LogP) is 3.03. The van der Waals surface area contributed by atoms with E-state index in [0.717, 1.165) is 23.4 Å². The van der Waals surface area contributed by atoms with Crippen LogP contribution in [0.1, 0.15) is 23.6 Å². The molecule has 0 bridgehead atoms.